The zero-order valence-corrected chi connectivity index (χ0v) is 16.5. The molecule has 1 aliphatic heterocycles. The van der Waals surface area contributed by atoms with Crippen LogP contribution in [0.5, 0.6) is 0 Å². The zero-order valence-electron chi connectivity index (χ0n) is 14.8. The van der Waals surface area contributed by atoms with Crippen LogP contribution in [-0.4, -0.2) is 27.9 Å². The van der Waals surface area contributed by atoms with E-state index < -0.39 is 5.41 Å². The summed E-state index contributed by atoms with van der Waals surface area (Å²) in [6, 6.07) is 29.2. The van der Waals surface area contributed by atoms with E-state index in [0.29, 0.717) is 0 Å². The second-order valence-corrected chi connectivity index (χ2v) is 8.93. The first kappa shape index (κ1) is 17.1. The van der Waals surface area contributed by atoms with Crippen molar-refractivity contribution in [2.24, 2.45) is 0 Å². The molecule has 3 heteroatoms. The number of rotatable bonds is 5. The summed E-state index contributed by atoms with van der Waals surface area (Å²) in [5, 5.41) is 0.874. The van der Waals surface area contributed by atoms with E-state index in [1.165, 1.54) is 15.6 Å². The molecule has 0 radical (unpaired) electrons. The van der Waals surface area contributed by atoms with Gasteiger partial charge < -0.3 is 0 Å². The predicted molar refractivity (Wildman–Crippen MR) is 108 cm³/mol. The monoisotopic (exact) mass is 407 g/mol. The molecule has 2 nitrogen and oxygen atoms in total. The summed E-state index contributed by atoms with van der Waals surface area (Å²) in [5.74, 6) is 0.223. The van der Waals surface area contributed by atoms with Crippen molar-refractivity contribution in [3.05, 3.63) is 96.1 Å². The van der Waals surface area contributed by atoms with Crippen molar-refractivity contribution in [1.29, 1.82) is 0 Å². The summed E-state index contributed by atoms with van der Waals surface area (Å²) in [6.07, 6.45) is 0.753. The Hall–Kier alpha value is -2.35. The van der Waals surface area contributed by atoms with Gasteiger partial charge in [-0.3, -0.25) is 0 Å². The molecule has 3 aromatic carbocycles. The Morgan fingerprint density at radius 3 is 2.19 bits per heavy atom. The molecule has 130 valence electrons. The predicted octanol–water partition coefficient (Wildman–Crippen LogP) is 3.59. The number of carbonyl (C=O) groups excluding carboxylic acids is 1. The third-order valence-electron chi connectivity index (χ3n) is 5.07. The van der Waals surface area contributed by atoms with Crippen LogP contribution < -0.4 is 9.36 Å². The molecule has 0 aromatic heterocycles. The topological polar surface area (TPSA) is 20.3 Å². The molecule has 1 aliphatic rings. The maximum atomic E-state index is 13.4. The molecule has 0 unspecified atom stereocenters. The van der Waals surface area contributed by atoms with Crippen LogP contribution in [0, 0.1) is 0 Å². The molecule has 0 N–H and O–H groups in total. The van der Waals surface area contributed by atoms with Crippen LogP contribution in [0.1, 0.15) is 11.1 Å². The van der Waals surface area contributed by atoms with Gasteiger partial charge in [-0.05, 0) is 0 Å². The first-order valence-corrected chi connectivity index (χ1v) is 10.9. The summed E-state index contributed by atoms with van der Waals surface area (Å²) in [6.45, 7) is 0. The summed E-state index contributed by atoms with van der Waals surface area (Å²) < 4.78 is 1.34. The molecular formula is C23H21NOSe. The number of fused-ring (bicyclic) bond motifs is 1. The SMILES string of the molecule is CN1C(=O)[C@](C[Se]c2ccccc2)(Cc2ccccc2)c2ccccc21. The molecule has 0 aliphatic carbocycles. The molecule has 26 heavy (non-hydrogen) atoms. The number of amides is 1. The van der Waals surface area contributed by atoms with Gasteiger partial charge in [0.25, 0.3) is 0 Å². The minimum atomic E-state index is -0.470. The number of anilines is 1. The second-order valence-electron chi connectivity index (χ2n) is 6.73. The van der Waals surface area contributed by atoms with Gasteiger partial charge in [0, 0.05) is 0 Å². The van der Waals surface area contributed by atoms with Crippen LogP contribution in [0.3, 0.4) is 0 Å². The fourth-order valence-corrected chi connectivity index (χ4v) is 6.14. The molecule has 1 amide bonds. The number of carbonyl (C=O) groups is 1. The Labute approximate surface area is 161 Å². The van der Waals surface area contributed by atoms with Crippen LogP contribution in [-0.2, 0) is 16.6 Å². The average Bonchev–Trinajstić information content (AvgIpc) is 2.91. The Kier molecular flexibility index (Phi) is 4.67. The van der Waals surface area contributed by atoms with E-state index in [2.05, 4.69) is 66.7 Å². The fraction of sp³-hybridized carbons (Fsp3) is 0.174. The van der Waals surface area contributed by atoms with Crippen molar-refractivity contribution in [2.75, 3.05) is 11.9 Å². The van der Waals surface area contributed by atoms with Crippen molar-refractivity contribution < 1.29 is 4.79 Å². The first-order valence-electron chi connectivity index (χ1n) is 8.80. The van der Waals surface area contributed by atoms with E-state index in [-0.39, 0.29) is 20.9 Å². The van der Waals surface area contributed by atoms with Crippen LogP contribution >= 0.6 is 0 Å². The van der Waals surface area contributed by atoms with Gasteiger partial charge >= 0.3 is 161 Å². The van der Waals surface area contributed by atoms with Gasteiger partial charge in [0.2, 0.25) is 0 Å². The van der Waals surface area contributed by atoms with Gasteiger partial charge in [0.05, 0.1) is 0 Å². The van der Waals surface area contributed by atoms with E-state index in [4.69, 9.17) is 0 Å². The van der Waals surface area contributed by atoms with E-state index in [9.17, 15) is 4.79 Å². The molecule has 3 aromatic rings. The minimum absolute atomic E-state index is 0.223. The van der Waals surface area contributed by atoms with Crippen LogP contribution in [0.25, 0.3) is 0 Å². The molecule has 0 fully saturated rings. The summed E-state index contributed by atoms with van der Waals surface area (Å²) >= 11 is 0.240. The van der Waals surface area contributed by atoms with Gasteiger partial charge in [-0.25, -0.2) is 0 Å². The molecule has 1 heterocycles. The van der Waals surface area contributed by atoms with Crippen molar-refractivity contribution in [1.82, 2.24) is 0 Å². The molecule has 0 saturated carbocycles. The molecule has 1 atom stereocenters. The quantitative estimate of drug-likeness (QED) is 0.593. The standard InChI is InChI=1S/C23H21NOSe/c1-24-21-15-9-8-14-20(21)23(22(24)25,16-18-10-4-2-5-11-18)17-26-19-12-6-3-7-13-19/h2-15H,16-17H2,1H3/t23-/m0/s1. The van der Waals surface area contributed by atoms with Crippen LogP contribution in [0.4, 0.5) is 5.69 Å². The molecule has 0 spiro atoms. The number of likely N-dealkylation sites (N-methyl/N-ethyl adjacent to an activating group) is 1. The number of hydrogen-bond donors (Lipinski definition) is 0. The van der Waals surface area contributed by atoms with Gasteiger partial charge in [0.15, 0.2) is 0 Å². The molecule has 4 rings (SSSR count). The third-order valence-corrected chi connectivity index (χ3v) is 7.68. The molecule has 0 bridgehead atoms. The van der Waals surface area contributed by atoms with E-state index in [1.54, 1.807) is 0 Å². The first-order chi connectivity index (χ1) is 12.7. The van der Waals surface area contributed by atoms with E-state index in [1.807, 2.05) is 30.1 Å². The van der Waals surface area contributed by atoms with Crippen molar-refractivity contribution in [3.63, 3.8) is 0 Å². The Morgan fingerprint density at radius 1 is 0.846 bits per heavy atom. The van der Waals surface area contributed by atoms with E-state index in [0.717, 1.165) is 17.4 Å². The van der Waals surface area contributed by atoms with Gasteiger partial charge in [-0.1, -0.05) is 0 Å². The molecule has 0 saturated heterocycles. The maximum absolute atomic E-state index is 13.4. The number of benzene rings is 3. The average molecular weight is 406 g/mol. The molecular weight excluding hydrogens is 385 g/mol. The fourth-order valence-electron chi connectivity index (χ4n) is 3.75. The van der Waals surface area contributed by atoms with Crippen LogP contribution in [0.2, 0.25) is 5.32 Å². The normalized spacial score (nSPS) is 18.8. The van der Waals surface area contributed by atoms with Gasteiger partial charge in [0.1, 0.15) is 0 Å². The van der Waals surface area contributed by atoms with Crippen molar-refractivity contribution >= 4 is 31.0 Å². The Bertz CT molecular complexity index is 910. The number of nitrogens with zero attached hydrogens (tertiary/aromatic N) is 1. The van der Waals surface area contributed by atoms with Gasteiger partial charge in [-0.15, -0.1) is 0 Å². The Morgan fingerprint density at radius 2 is 1.46 bits per heavy atom. The Balaban J connectivity index is 1.76. The second kappa shape index (κ2) is 7.11. The van der Waals surface area contributed by atoms with Gasteiger partial charge in [-0.2, -0.15) is 0 Å². The number of para-hydroxylation sites is 1. The summed E-state index contributed by atoms with van der Waals surface area (Å²) in [5.41, 5.74) is 2.98. The number of hydrogen-bond acceptors (Lipinski definition) is 1. The van der Waals surface area contributed by atoms with Crippen molar-refractivity contribution in [3.8, 4) is 0 Å². The zero-order chi connectivity index (χ0) is 18.0. The van der Waals surface area contributed by atoms with Crippen LogP contribution in [0.15, 0.2) is 84.9 Å². The third kappa shape index (κ3) is 2.98. The summed E-state index contributed by atoms with van der Waals surface area (Å²) in [7, 11) is 1.91. The summed E-state index contributed by atoms with van der Waals surface area (Å²) in [4.78, 5) is 15.3. The van der Waals surface area contributed by atoms with Crippen molar-refractivity contribution in [2.45, 2.75) is 17.2 Å². The van der Waals surface area contributed by atoms with E-state index >= 15 is 0 Å².